The van der Waals surface area contributed by atoms with E-state index in [0.29, 0.717) is 25.0 Å². The van der Waals surface area contributed by atoms with Crippen molar-refractivity contribution in [1.82, 2.24) is 5.32 Å². The highest BCUT2D eigenvalue weighted by Gasteiger charge is 2.55. The SMILES string of the molecule is CC(C)=CC1C(CNC(=O)OCCc2ccc(Br)cc2)C1(C)C. The number of carbonyl (C=O) groups excluding carboxylic acids is 1. The minimum atomic E-state index is -0.319. The minimum Gasteiger partial charge on any atom is -0.449 e. The molecule has 0 aliphatic heterocycles. The zero-order chi connectivity index (χ0) is 17.0. The molecule has 2 atom stereocenters. The molecule has 1 saturated carbocycles. The van der Waals surface area contributed by atoms with Crippen LogP contribution < -0.4 is 5.32 Å². The van der Waals surface area contributed by atoms with E-state index in [0.717, 1.165) is 16.5 Å². The predicted octanol–water partition coefficient (Wildman–Crippen LogP) is 4.96. The second-order valence-electron chi connectivity index (χ2n) is 7.09. The van der Waals surface area contributed by atoms with Crippen LogP contribution in [0, 0.1) is 17.3 Å². The maximum atomic E-state index is 11.8. The van der Waals surface area contributed by atoms with Crippen molar-refractivity contribution in [1.29, 1.82) is 0 Å². The number of allylic oxidation sites excluding steroid dienone is 2. The second kappa shape index (κ2) is 7.52. The fourth-order valence-electron chi connectivity index (χ4n) is 3.02. The van der Waals surface area contributed by atoms with Crippen molar-refractivity contribution in [3.63, 3.8) is 0 Å². The number of nitrogens with one attached hydrogen (secondary N) is 1. The van der Waals surface area contributed by atoms with Gasteiger partial charge in [0.25, 0.3) is 0 Å². The molecule has 3 nitrogen and oxygen atoms in total. The van der Waals surface area contributed by atoms with Crippen LogP contribution >= 0.6 is 15.9 Å². The zero-order valence-corrected chi connectivity index (χ0v) is 15.9. The molecule has 1 N–H and O–H groups in total. The first-order valence-corrected chi connectivity index (χ1v) is 8.90. The molecule has 2 rings (SSSR count). The van der Waals surface area contributed by atoms with Gasteiger partial charge in [-0.25, -0.2) is 4.79 Å². The summed E-state index contributed by atoms with van der Waals surface area (Å²) in [6.45, 7) is 9.83. The van der Waals surface area contributed by atoms with E-state index in [1.807, 2.05) is 24.3 Å². The molecule has 1 amide bonds. The smallest absolute Gasteiger partial charge is 0.407 e. The van der Waals surface area contributed by atoms with Gasteiger partial charge in [-0.1, -0.05) is 53.6 Å². The lowest BCUT2D eigenvalue weighted by molar-refractivity contribution is 0.146. The molecule has 0 radical (unpaired) electrons. The molecule has 1 aromatic carbocycles. The summed E-state index contributed by atoms with van der Waals surface area (Å²) in [4.78, 5) is 11.8. The summed E-state index contributed by atoms with van der Waals surface area (Å²) >= 11 is 3.41. The summed E-state index contributed by atoms with van der Waals surface area (Å²) < 4.78 is 6.32. The molecule has 1 aromatic rings. The fourth-order valence-corrected chi connectivity index (χ4v) is 3.29. The van der Waals surface area contributed by atoms with Crippen LogP contribution in [0.1, 0.15) is 33.3 Å². The van der Waals surface area contributed by atoms with Gasteiger partial charge in [0.2, 0.25) is 0 Å². The number of carbonyl (C=O) groups is 1. The number of ether oxygens (including phenoxy) is 1. The lowest BCUT2D eigenvalue weighted by Crippen LogP contribution is -2.28. The second-order valence-corrected chi connectivity index (χ2v) is 8.01. The van der Waals surface area contributed by atoms with Crippen molar-refractivity contribution in [2.24, 2.45) is 17.3 Å². The van der Waals surface area contributed by atoms with Crippen LogP contribution in [-0.4, -0.2) is 19.2 Å². The summed E-state index contributed by atoms with van der Waals surface area (Å²) in [6.07, 6.45) is 2.72. The van der Waals surface area contributed by atoms with E-state index in [2.05, 4.69) is 55.0 Å². The van der Waals surface area contributed by atoms with Crippen molar-refractivity contribution in [2.75, 3.05) is 13.2 Å². The number of benzene rings is 1. The maximum Gasteiger partial charge on any atom is 0.407 e. The molecule has 1 fully saturated rings. The molecule has 0 heterocycles. The summed E-state index contributed by atoms with van der Waals surface area (Å²) in [5, 5.41) is 2.90. The Balaban J connectivity index is 1.68. The van der Waals surface area contributed by atoms with E-state index in [9.17, 15) is 4.79 Å². The molecular formula is C19H26BrNO2. The Morgan fingerprint density at radius 2 is 1.96 bits per heavy atom. The highest BCUT2D eigenvalue weighted by molar-refractivity contribution is 9.10. The molecular weight excluding hydrogens is 354 g/mol. The fraction of sp³-hybridized carbons (Fsp3) is 0.526. The Morgan fingerprint density at radius 3 is 2.57 bits per heavy atom. The first-order chi connectivity index (χ1) is 10.8. The number of alkyl carbamates (subject to hydrolysis) is 1. The van der Waals surface area contributed by atoms with E-state index in [1.165, 1.54) is 5.57 Å². The van der Waals surface area contributed by atoms with E-state index in [4.69, 9.17) is 4.74 Å². The van der Waals surface area contributed by atoms with Crippen molar-refractivity contribution in [3.05, 3.63) is 46.0 Å². The standard InChI is InChI=1S/C19H26BrNO2/c1-13(2)11-16-17(19(16,3)4)12-21-18(22)23-10-9-14-5-7-15(20)8-6-14/h5-8,11,16-17H,9-10,12H2,1-4H3,(H,21,22). The van der Waals surface area contributed by atoms with Crippen LogP contribution in [0.2, 0.25) is 0 Å². The van der Waals surface area contributed by atoms with Gasteiger partial charge in [0.15, 0.2) is 0 Å². The first kappa shape index (κ1) is 18.1. The largest absolute Gasteiger partial charge is 0.449 e. The minimum absolute atomic E-state index is 0.266. The van der Waals surface area contributed by atoms with Gasteiger partial charge in [-0.2, -0.15) is 0 Å². The molecule has 0 saturated heterocycles. The van der Waals surface area contributed by atoms with Gasteiger partial charge in [-0.3, -0.25) is 0 Å². The van der Waals surface area contributed by atoms with Gasteiger partial charge in [-0.05, 0) is 48.8 Å². The average Bonchev–Trinajstić information content (AvgIpc) is 2.98. The summed E-state index contributed by atoms with van der Waals surface area (Å²) in [5.41, 5.74) is 2.76. The normalized spacial score (nSPS) is 21.4. The summed E-state index contributed by atoms with van der Waals surface area (Å²) in [7, 11) is 0. The highest BCUT2D eigenvalue weighted by atomic mass is 79.9. The molecule has 0 bridgehead atoms. The third-order valence-electron chi connectivity index (χ3n) is 4.66. The van der Waals surface area contributed by atoms with Gasteiger partial charge in [0, 0.05) is 17.4 Å². The highest BCUT2D eigenvalue weighted by Crippen LogP contribution is 2.58. The lowest BCUT2D eigenvalue weighted by Gasteiger charge is -2.08. The molecule has 2 unspecified atom stereocenters. The van der Waals surface area contributed by atoms with Crippen LogP contribution in [0.25, 0.3) is 0 Å². The monoisotopic (exact) mass is 379 g/mol. The van der Waals surface area contributed by atoms with Crippen LogP contribution in [0.5, 0.6) is 0 Å². The van der Waals surface area contributed by atoms with Crippen LogP contribution in [-0.2, 0) is 11.2 Å². The van der Waals surface area contributed by atoms with Crippen molar-refractivity contribution >= 4 is 22.0 Å². The van der Waals surface area contributed by atoms with Crippen molar-refractivity contribution < 1.29 is 9.53 Å². The van der Waals surface area contributed by atoms with Gasteiger partial charge in [0.05, 0.1) is 6.61 Å². The summed E-state index contributed by atoms with van der Waals surface area (Å²) in [6, 6.07) is 8.05. The molecule has 126 valence electrons. The number of rotatable bonds is 6. The van der Waals surface area contributed by atoms with Crippen molar-refractivity contribution in [2.45, 2.75) is 34.1 Å². The number of hydrogen-bond donors (Lipinski definition) is 1. The summed E-state index contributed by atoms with van der Waals surface area (Å²) in [5.74, 6) is 1.05. The van der Waals surface area contributed by atoms with Gasteiger partial charge < -0.3 is 10.1 Å². The molecule has 4 heteroatoms. The molecule has 0 aromatic heterocycles. The molecule has 1 aliphatic rings. The number of amides is 1. The van der Waals surface area contributed by atoms with Gasteiger partial charge >= 0.3 is 6.09 Å². The Morgan fingerprint density at radius 1 is 1.30 bits per heavy atom. The quantitative estimate of drug-likeness (QED) is 0.709. The van der Waals surface area contributed by atoms with E-state index in [-0.39, 0.29) is 11.5 Å². The Hall–Kier alpha value is -1.29. The number of halogens is 1. The third-order valence-corrected chi connectivity index (χ3v) is 5.18. The zero-order valence-electron chi connectivity index (χ0n) is 14.4. The van der Waals surface area contributed by atoms with Gasteiger partial charge in [-0.15, -0.1) is 0 Å². The third kappa shape index (κ3) is 5.10. The maximum absolute atomic E-state index is 11.8. The molecule has 0 spiro atoms. The topological polar surface area (TPSA) is 38.3 Å². The van der Waals surface area contributed by atoms with E-state index in [1.54, 1.807) is 0 Å². The van der Waals surface area contributed by atoms with Gasteiger partial charge in [0.1, 0.15) is 0 Å². The predicted molar refractivity (Wildman–Crippen MR) is 97.4 cm³/mol. The Kier molecular flexibility index (Phi) is 5.90. The Bertz CT molecular complexity index is 574. The average molecular weight is 380 g/mol. The van der Waals surface area contributed by atoms with E-state index >= 15 is 0 Å². The van der Waals surface area contributed by atoms with Crippen molar-refractivity contribution in [3.8, 4) is 0 Å². The van der Waals surface area contributed by atoms with Crippen LogP contribution in [0.3, 0.4) is 0 Å². The number of hydrogen-bond acceptors (Lipinski definition) is 2. The van der Waals surface area contributed by atoms with Crippen LogP contribution in [0.15, 0.2) is 40.4 Å². The lowest BCUT2D eigenvalue weighted by atomic mass is 10.1. The molecule has 1 aliphatic carbocycles. The van der Waals surface area contributed by atoms with E-state index < -0.39 is 0 Å². The van der Waals surface area contributed by atoms with Crippen LogP contribution in [0.4, 0.5) is 4.79 Å². The first-order valence-electron chi connectivity index (χ1n) is 8.11. The molecule has 23 heavy (non-hydrogen) atoms. The Labute approximate surface area is 147 Å².